The van der Waals surface area contributed by atoms with Crippen molar-refractivity contribution in [1.82, 2.24) is 15.2 Å². The molecule has 28 heavy (non-hydrogen) atoms. The first-order chi connectivity index (χ1) is 13.7. The largest absolute Gasteiger partial charge is 0.496 e. The van der Waals surface area contributed by atoms with Crippen molar-refractivity contribution in [3.63, 3.8) is 0 Å². The van der Waals surface area contributed by atoms with Gasteiger partial charge in [0.2, 0.25) is 5.91 Å². The van der Waals surface area contributed by atoms with Gasteiger partial charge >= 0.3 is 0 Å². The van der Waals surface area contributed by atoms with E-state index in [1.54, 1.807) is 18.4 Å². The molecule has 1 aromatic heterocycles. The van der Waals surface area contributed by atoms with Crippen LogP contribution in [-0.4, -0.2) is 41.9 Å². The number of likely N-dealkylation sites (tertiary alicyclic amines) is 1. The molecule has 0 bridgehead atoms. The molecule has 148 valence electrons. The van der Waals surface area contributed by atoms with Crippen molar-refractivity contribution in [3.8, 4) is 5.75 Å². The van der Waals surface area contributed by atoms with E-state index in [0.717, 1.165) is 49.5 Å². The summed E-state index contributed by atoms with van der Waals surface area (Å²) in [6.45, 7) is 1.95. The number of benzene rings is 1. The summed E-state index contributed by atoms with van der Waals surface area (Å²) in [5, 5.41) is 6.12. The van der Waals surface area contributed by atoms with Crippen molar-refractivity contribution >= 4 is 23.2 Å². The molecule has 1 aliphatic carbocycles. The van der Waals surface area contributed by atoms with Crippen LogP contribution in [0.2, 0.25) is 0 Å². The van der Waals surface area contributed by atoms with Gasteiger partial charge in [-0.15, -0.1) is 11.3 Å². The highest BCUT2D eigenvalue weighted by Crippen LogP contribution is 2.32. The van der Waals surface area contributed by atoms with Crippen LogP contribution >= 0.6 is 11.3 Å². The van der Waals surface area contributed by atoms with Gasteiger partial charge in [0.15, 0.2) is 0 Å². The Bertz CT molecular complexity index is 854. The van der Waals surface area contributed by atoms with Gasteiger partial charge in [0.25, 0.3) is 5.91 Å². The molecule has 2 fully saturated rings. The molecule has 1 aliphatic heterocycles. The van der Waals surface area contributed by atoms with Crippen LogP contribution in [0.1, 0.15) is 52.7 Å². The molecular formula is C21H25N3O3S. The maximum atomic E-state index is 12.8. The Morgan fingerprint density at radius 3 is 2.68 bits per heavy atom. The maximum absolute atomic E-state index is 12.8. The van der Waals surface area contributed by atoms with E-state index in [1.165, 1.54) is 0 Å². The first-order valence-electron chi connectivity index (χ1n) is 9.80. The van der Waals surface area contributed by atoms with Crippen LogP contribution in [0, 0.1) is 5.92 Å². The number of nitrogens with one attached hydrogen (secondary N) is 1. The fourth-order valence-corrected chi connectivity index (χ4v) is 4.57. The summed E-state index contributed by atoms with van der Waals surface area (Å²) in [7, 11) is 1.59. The zero-order valence-corrected chi connectivity index (χ0v) is 16.8. The number of ether oxygens (including phenoxy) is 1. The van der Waals surface area contributed by atoms with Gasteiger partial charge in [-0.25, -0.2) is 4.98 Å². The van der Waals surface area contributed by atoms with Crippen molar-refractivity contribution in [2.75, 3.05) is 20.2 Å². The Kier molecular flexibility index (Phi) is 5.62. The molecule has 6 nitrogen and oxygen atoms in total. The van der Waals surface area contributed by atoms with Crippen LogP contribution in [0.25, 0.3) is 0 Å². The molecule has 0 radical (unpaired) electrons. The van der Waals surface area contributed by atoms with Crippen LogP contribution < -0.4 is 10.1 Å². The van der Waals surface area contributed by atoms with E-state index in [1.807, 2.05) is 34.5 Å². The van der Waals surface area contributed by atoms with Crippen molar-refractivity contribution in [3.05, 3.63) is 45.9 Å². The number of carbonyl (C=O) groups excluding carboxylic acids is 2. The molecule has 2 amide bonds. The first kappa shape index (κ1) is 18.9. The van der Waals surface area contributed by atoms with Gasteiger partial charge in [0.05, 0.1) is 29.9 Å². The molecule has 1 saturated carbocycles. The first-order valence-corrected chi connectivity index (χ1v) is 10.7. The molecule has 7 heteroatoms. The standard InChI is InChI=1S/C21H25N3O3S/c1-27-18-5-3-2-4-17(18)21(26)24-10-8-15(9-11-24)20-23-16(13-28-20)12-22-19(25)14-6-7-14/h2-5,13-15H,6-12H2,1H3,(H,22,25). The lowest BCUT2D eigenvalue weighted by molar-refractivity contribution is -0.122. The van der Waals surface area contributed by atoms with Crippen LogP contribution in [0.15, 0.2) is 29.6 Å². The molecule has 0 unspecified atom stereocenters. The maximum Gasteiger partial charge on any atom is 0.257 e. The minimum absolute atomic E-state index is 0.0264. The lowest BCUT2D eigenvalue weighted by atomic mass is 9.97. The second kappa shape index (κ2) is 8.31. The highest BCUT2D eigenvalue weighted by molar-refractivity contribution is 7.09. The Morgan fingerprint density at radius 2 is 1.96 bits per heavy atom. The molecule has 2 aromatic rings. The summed E-state index contributed by atoms with van der Waals surface area (Å²) >= 11 is 1.66. The third kappa shape index (κ3) is 4.19. The van der Waals surface area contributed by atoms with E-state index >= 15 is 0 Å². The second-order valence-corrected chi connectivity index (χ2v) is 8.33. The number of thiazole rings is 1. The minimum atomic E-state index is 0.0264. The molecule has 2 heterocycles. The predicted octanol–water partition coefficient (Wildman–Crippen LogP) is 3.20. The third-order valence-electron chi connectivity index (χ3n) is 5.43. The summed E-state index contributed by atoms with van der Waals surface area (Å²) < 4.78 is 5.32. The van der Waals surface area contributed by atoms with Gasteiger partial charge in [-0.2, -0.15) is 0 Å². The molecule has 1 saturated heterocycles. The Morgan fingerprint density at radius 1 is 1.21 bits per heavy atom. The fraction of sp³-hybridized carbons (Fsp3) is 0.476. The summed E-state index contributed by atoms with van der Waals surface area (Å²) in [5.74, 6) is 1.39. The summed E-state index contributed by atoms with van der Waals surface area (Å²) in [6.07, 6.45) is 3.84. The predicted molar refractivity (Wildman–Crippen MR) is 108 cm³/mol. The lowest BCUT2D eigenvalue weighted by Crippen LogP contribution is -2.38. The Balaban J connectivity index is 1.31. The normalized spacial score (nSPS) is 17.4. The van der Waals surface area contributed by atoms with Gasteiger partial charge in [-0.05, 0) is 37.8 Å². The van der Waals surface area contributed by atoms with Gasteiger partial charge in [0, 0.05) is 30.3 Å². The average Bonchev–Trinajstić information content (AvgIpc) is 3.49. The average molecular weight is 400 g/mol. The number of nitrogens with zero attached hydrogens (tertiary/aromatic N) is 2. The molecular weight excluding hydrogens is 374 g/mol. The van der Waals surface area contributed by atoms with E-state index in [0.29, 0.717) is 23.8 Å². The smallest absolute Gasteiger partial charge is 0.257 e. The fourth-order valence-electron chi connectivity index (χ4n) is 3.58. The van der Waals surface area contributed by atoms with E-state index in [-0.39, 0.29) is 17.7 Å². The summed E-state index contributed by atoms with van der Waals surface area (Å²) in [6, 6.07) is 7.37. The number of amides is 2. The number of para-hydroxylation sites is 1. The second-order valence-electron chi connectivity index (χ2n) is 7.44. The number of hydrogen-bond acceptors (Lipinski definition) is 5. The zero-order chi connectivity index (χ0) is 19.5. The number of piperidine rings is 1. The number of aromatic nitrogens is 1. The van der Waals surface area contributed by atoms with E-state index in [2.05, 4.69) is 5.32 Å². The lowest BCUT2D eigenvalue weighted by Gasteiger charge is -2.31. The quantitative estimate of drug-likeness (QED) is 0.810. The zero-order valence-electron chi connectivity index (χ0n) is 16.0. The van der Waals surface area contributed by atoms with Gasteiger partial charge < -0.3 is 15.0 Å². The third-order valence-corrected chi connectivity index (χ3v) is 6.49. The van der Waals surface area contributed by atoms with E-state index < -0.39 is 0 Å². The van der Waals surface area contributed by atoms with Crippen molar-refractivity contribution < 1.29 is 14.3 Å². The molecule has 2 aliphatic rings. The number of methoxy groups -OCH3 is 1. The van der Waals surface area contributed by atoms with Crippen LogP contribution in [0.3, 0.4) is 0 Å². The topological polar surface area (TPSA) is 71.5 Å². The van der Waals surface area contributed by atoms with Crippen LogP contribution in [0.4, 0.5) is 0 Å². The van der Waals surface area contributed by atoms with Crippen molar-refractivity contribution in [1.29, 1.82) is 0 Å². The number of rotatable bonds is 6. The summed E-state index contributed by atoms with van der Waals surface area (Å²) in [4.78, 5) is 31.2. The van der Waals surface area contributed by atoms with Gasteiger partial charge in [-0.1, -0.05) is 12.1 Å². The van der Waals surface area contributed by atoms with Gasteiger partial charge in [-0.3, -0.25) is 9.59 Å². The molecule has 0 atom stereocenters. The van der Waals surface area contributed by atoms with Gasteiger partial charge in [0.1, 0.15) is 5.75 Å². The van der Waals surface area contributed by atoms with Crippen molar-refractivity contribution in [2.24, 2.45) is 5.92 Å². The highest BCUT2D eigenvalue weighted by Gasteiger charge is 2.30. The molecule has 1 aromatic carbocycles. The Labute approximate surface area is 168 Å². The van der Waals surface area contributed by atoms with Crippen LogP contribution in [0.5, 0.6) is 5.75 Å². The van der Waals surface area contributed by atoms with E-state index in [4.69, 9.17) is 9.72 Å². The van der Waals surface area contributed by atoms with Crippen molar-refractivity contribution in [2.45, 2.75) is 38.1 Å². The number of hydrogen-bond donors (Lipinski definition) is 1. The molecule has 0 spiro atoms. The highest BCUT2D eigenvalue weighted by atomic mass is 32.1. The number of carbonyl (C=O) groups is 2. The summed E-state index contributed by atoms with van der Waals surface area (Å²) in [5.41, 5.74) is 1.55. The molecule has 1 N–H and O–H groups in total. The SMILES string of the molecule is COc1ccccc1C(=O)N1CCC(c2nc(CNC(=O)C3CC3)cs2)CC1. The Hall–Kier alpha value is -2.41. The van der Waals surface area contributed by atoms with E-state index in [9.17, 15) is 9.59 Å². The minimum Gasteiger partial charge on any atom is -0.496 e. The van der Waals surface area contributed by atoms with Crippen LogP contribution in [-0.2, 0) is 11.3 Å². The molecule has 4 rings (SSSR count). The monoisotopic (exact) mass is 399 g/mol.